The van der Waals surface area contributed by atoms with Crippen LogP contribution in [0.2, 0.25) is 0 Å². The van der Waals surface area contributed by atoms with Crippen molar-refractivity contribution in [3.63, 3.8) is 0 Å². The third-order valence-electron chi connectivity index (χ3n) is 3.42. The van der Waals surface area contributed by atoms with Gasteiger partial charge in [-0.2, -0.15) is 0 Å². The van der Waals surface area contributed by atoms with E-state index in [4.69, 9.17) is 0 Å². The van der Waals surface area contributed by atoms with Crippen molar-refractivity contribution in [1.82, 2.24) is 4.90 Å². The number of carbonyl (C=O) groups excluding carboxylic acids is 2. The molecule has 2 N–H and O–H groups in total. The summed E-state index contributed by atoms with van der Waals surface area (Å²) in [5.41, 5.74) is 1.41. The number of nitrogens with zero attached hydrogens (tertiary/aromatic N) is 1. The van der Waals surface area contributed by atoms with Gasteiger partial charge in [-0.05, 0) is 75.8 Å². The summed E-state index contributed by atoms with van der Waals surface area (Å²) in [6, 6.07) is 11.8. The fraction of sp³-hybridized carbons (Fsp3) is 0.0588. The van der Waals surface area contributed by atoms with Gasteiger partial charge in [0.05, 0.1) is 11.4 Å². The van der Waals surface area contributed by atoms with E-state index in [1.165, 1.54) is 23.1 Å². The molecular formula is C17H12INO4S. The Kier molecular flexibility index (Phi) is 4.81. The van der Waals surface area contributed by atoms with Crippen molar-refractivity contribution < 1.29 is 19.8 Å². The van der Waals surface area contributed by atoms with Gasteiger partial charge in [-0.25, -0.2) is 0 Å². The Balaban J connectivity index is 1.81. The lowest BCUT2D eigenvalue weighted by atomic mass is 10.2. The van der Waals surface area contributed by atoms with Crippen LogP contribution >= 0.6 is 34.4 Å². The molecule has 0 aliphatic carbocycles. The monoisotopic (exact) mass is 453 g/mol. The van der Waals surface area contributed by atoms with E-state index < -0.39 is 0 Å². The lowest BCUT2D eigenvalue weighted by Gasteiger charge is -2.12. The number of benzene rings is 2. The fourth-order valence-corrected chi connectivity index (χ4v) is 3.39. The number of hydrogen-bond acceptors (Lipinski definition) is 5. The fourth-order valence-electron chi connectivity index (χ4n) is 2.19. The van der Waals surface area contributed by atoms with Gasteiger partial charge in [-0.3, -0.25) is 14.5 Å². The molecule has 1 aliphatic rings. The molecule has 0 aromatic heterocycles. The molecule has 122 valence electrons. The van der Waals surface area contributed by atoms with E-state index in [1.807, 2.05) is 24.3 Å². The number of aromatic hydroxyl groups is 2. The smallest absolute Gasteiger partial charge is 0.293 e. The van der Waals surface area contributed by atoms with Gasteiger partial charge < -0.3 is 10.2 Å². The predicted molar refractivity (Wildman–Crippen MR) is 100 cm³/mol. The third-order valence-corrected chi connectivity index (χ3v) is 5.05. The first-order valence-corrected chi connectivity index (χ1v) is 8.85. The molecule has 24 heavy (non-hydrogen) atoms. The van der Waals surface area contributed by atoms with Crippen molar-refractivity contribution in [2.75, 3.05) is 0 Å². The van der Waals surface area contributed by atoms with Crippen LogP contribution in [-0.4, -0.2) is 26.3 Å². The second kappa shape index (κ2) is 6.86. The zero-order chi connectivity index (χ0) is 17.3. The number of hydrogen-bond donors (Lipinski definition) is 2. The van der Waals surface area contributed by atoms with E-state index in [2.05, 4.69) is 22.6 Å². The molecule has 2 aromatic carbocycles. The minimum absolute atomic E-state index is 0.222. The minimum Gasteiger partial charge on any atom is -0.504 e. The molecule has 0 unspecified atom stereocenters. The molecule has 1 saturated heterocycles. The highest BCUT2D eigenvalue weighted by atomic mass is 127. The summed E-state index contributed by atoms with van der Waals surface area (Å²) in [5, 5.41) is 18.5. The lowest BCUT2D eigenvalue weighted by Crippen LogP contribution is -2.27. The average molecular weight is 453 g/mol. The van der Waals surface area contributed by atoms with Gasteiger partial charge in [-0.15, -0.1) is 0 Å². The first-order chi connectivity index (χ1) is 11.4. The third kappa shape index (κ3) is 3.57. The minimum atomic E-state index is -0.365. The Morgan fingerprint density at radius 1 is 1.04 bits per heavy atom. The molecule has 1 fully saturated rings. The number of phenolic OH excluding ortho intramolecular Hbond substituents is 2. The first-order valence-electron chi connectivity index (χ1n) is 6.96. The normalized spacial score (nSPS) is 16.2. The Morgan fingerprint density at radius 2 is 1.75 bits per heavy atom. The summed E-state index contributed by atoms with van der Waals surface area (Å²) in [7, 11) is 0. The molecule has 0 radical (unpaired) electrons. The molecule has 5 nitrogen and oxygen atoms in total. The van der Waals surface area contributed by atoms with Crippen LogP contribution in [0.15, 0.2) is 47.4 Å². The largest absolute Gasteiger partial charge is 0.504 e. The van der Waals surface area contributed by atoms with E-state index in [-0.39, 0.29) is 34.1 Å². The van der Waals surface area contributed by atoms with Crippen molar-refractivity contribution in [2.24, 2.45) is 0 Å². The average Bonchev–Trinajstić information content (AvgIpc) is 2.80. The van der Waals surface area contributed by atoms with Crippen LogP contribution in [0.1, 0.15) is 11.1 Å². The number of imide groups is 1. The summed E-state index contributed by atoms with van der Waals surface area (Å²) >= 11 is 3.05. The second-order valence-corrected chi connectivity index (χ2v) is 7.38. The summed E-state index contributed by atoms with van der Waals surface area (Å²) in [4.78, 5) is 26.0. The summed E-state index contributed by atoms with van der Waals surface area (Å²) in [5.74, 6) is -0.878. The van der Waals surface area contributed by atoms with Crippen molar-refractivity contribution >= 4 is 51.6 Å². The summed E-state index contributed by atoms with van der Waals surface area (Å²) in [6.07, 6.45) is 1.53. The van der Waals surface area contributed by atoms with E-state index >= 15 is 0 Å². The molecular weight excluding hydrogens is 441 g/mol. The van der Waals surface area contributed by atoms with E-state index in [0.717, 1.165) is 20.9 Å². The van der Waals surface area contributed by atoms with Crippen LogP contribution in [0, 0.1) is 3.57 Å². The molecule has 0 atom stereocenters. The Labute approximate surface area is 156 Å². The second-order valence-electron chi connectivity index (χ2n) is 5.14. The molecule has 0 saturated carbocycles. The van der Waals surface area contributed by atoms with Gasteiger partial charge in [0.1, 0.15) is 0 Å². The molecule has 3 rings (SSSR count). The topological polar surface area (TPSA) is 77.8 Å². The maximum atomic E-state index is 12.4. The highest BCUT2D eigenvalue weighted by Crippen LogP contribution is 2.34. The number of carbonyl (C=O) groups is 2. The highest BCUT2D eigenvalue weighted by molar-refractivity contribution is 14.1. The van der Waals surface area contributed by atoms with Crippen LogP contribution < -0.4 is 0 Å². The number of phenols is 2. The summed E-state index contributed by atoms with van der Waals surface area (Å²) < 4.78 is 1.08. The Bertz CT molecular complexity index is 848. The molecule has 0 bridgehead atoms. The highest BCUT2D eigenvalue weighted by Gasteiger charge is 2.34. The van der Waals surface area contributed by atoms with E-state index in [1.54, 1.807) is 6.07 Å². The van der Waals surface area contributed by atoms with Crippen molar-refractivity contribution in [2.45, 2.75) is 6.54 Å². The maximum Gasteiger partial charge on any atom is 0.293 e. The van der Waals surface area contributed by atoms with Crippen molar-refractivity contribution in [3.8, 4) is 11.5 Å². The van der Waals surface area contributed by atoms with Gasteiger partial charge >= 0.3 is 0 Å². The van der Waals surface area contributed by atoms with Gasteiger partial charge in [-0.1, -0.05) is 18.2 Å². The number of rotatable bonds is 3. The van der Waals surface area contributed by atoms with Crippen LogP contribution in [0.4, 0.5) is 4.79 Å². The van der Waals surface area contributed by atoms with E-state index in [0.29, 0.717) is 5.56 Å². The predicted octanol–water partition coefficient (Wildman–Crippen LogP) is 3.94. The van der Waals surface area contributed by atoms with Crippen LogP contribution in [-0.2, 0) is 11.3 Å². The molecule has 7 heteroatoms. The number of amides is 2. The zero-order valence-electron chi connectivity index (χ0n) is 12.3. The number of thioether (sulfide) groups is 1. The Morgan fingerprint density at radius 3 is 2.42 bits per heavy atom. The van der Waals surface area contributed by atoms with Gasteiger partial charge in [0, 0.05) is 3.57 Å². The van der Waals surface area contributed by atoms with Crippen LogP contribution in [0.25, 0.3) is 6.08 Å². The molecule has 0 spiro atoms. The molecule has 2 amide bonds. The quantitative estimate of drug-likeness (QED) is 0.419. The number of halogens is 1. The SMILES string of the molecule is O=C1S/C(=C/c2ccc(O)c(O)c2)C(=O)N1Cc1ccc(I)cc1. The van der Waals surface area contributed by atoms with Crippen LogP contribution in [0.5, 0.6) is 11.5 Å². The van der Waals surface area contributed by atoms with Crippen LogP contribution in [0.3, 0.4) is 0 Å². The standard InChI is InChI=1S/C17H12INO4S/c18-12-4-1-10(2-5-12)9-19-16(22)15(24-17(19)23)8-11-3-6-13(20)14(21)7-11/h1-8,20-21H,9H2/b15-8+. The van der Waals surface area contributed by atoms with Gasteiger partial charge in [0.15, 0.2) is 11.5 Å². The Hall–Kier alpha value is -2.00. The lowest BCUT2D eigenvalue weighted by molar-refractivity contribution is -0.123. The zero-order valence-corrected chi connectivity index (χ0v) is 15.2. The molecule has 2 aromatic rings. The van der Waals surface area contributed by atoms with Crippen molar-refractivity contribution in [3.05, 3.63) is 62.1 Å². The van der Waals surface area contributed by atoms with Crippen molar-refractivity contribution in [1.29, 1.82) is 0 Å². The molecule has 1 aliphatic heterocycles. The first kappa shape index (κ1) is 16.8. The maximum absolute atomic E-state index is 12.4. The molecule has 1 heterocycles. The van der Waals surface area contributed by atoms with E-state index in [9.17, 15) is 19.8 Å². The van der Waals surface area contributed by atoms with Gasteiger partial charge in [0.25, 0.3) is 11.1 Å². The summed E-state index contributed by atoms with van der Waals surface area (Å²) in [6.45, 7) is 0.222. The van der Waals surface area contributed by atoms with Gasteiger partial charge in [0.2, 0.25) is 0 Å².